The molecule has 0 atom stereocenters. The Morgan fingerprint density at radius 2 is 1.91 bits per heavy atom. The molecule has 2 heterocycles. The zero-order valence-corrected chi connectivity index (χ0v) is 17.0. The molecule has 1 N–H and O–H groups in total. The second kappa shape index (κ2) is 8.40. The highest BCUT2D eigenvalue weighted by Crippen LogP contribution is 2.43. The zero-order chi connectivity index (χ0) is 22.9. The molecule has 0 spiro atoms. The van der Waals surface area contributed by atoms with E-state index in [0.29, 0.717) is 29.4 Å². The van der Waals surface area contributed by atoms with Gasteiger partial charge in [0.05, 0.1) is 13.7 Å². The summed E-state index contributed by atoms with van der Waals surface area (Å²) in [7, 11) is 1.48. The average molecular weight is 453 g/mol. The lowest BCUT2D eigenvalue weighted by atomic mass is 9.80. The fourth-order valence-electron chi connectivity index (χ4n) is 3.52. The second-order valence-corrected chi connectivity index (χ2v) is 7.68. The Labute approximate surface area is 181 Å². The summed E-state index contributed by atoms with van der Waals surface area (Å²) in [6.45, 7) is 0.371. The molecule has 1 aliphatic heterocycles. The van der Waals surface area contributed by atoms with Gasteiger partial charge in [0.1, 0.15) is 18.1 Å². The molecule has 1 saturated carbocycles. The minimum atomic E-state index is -4.49. The molecule has 0 bridgehead atoms. The second-order valence-electron chi connectivity index (χ2n) is 7.68. The highest BCUT2D eigenvalue weighted by atomic mass is 19.4. The van der Waals surface area contributed by atoms with Crippen LogP contribution in [0.4, 0.5) is 22.0 Å². The van der Waals surface area contributed by atoms with Crippen molar-refractivity contribution in [3.8, 4) is 11.5 Å². The van der Waals surface area contributed by atoms with Crippen molar-refractivity contribution in [3.05, 3.63) is 59.5 Å². The number of halogens is 5. The van der Waals surface area contributed by atoms with E-state index in [4.69, 9.17) is 9.47 Å². The maximum atomic E-state index is 13.1. The lowest BCUT2D eigenvalue weighted by Crippen LogP contribution is -2.44. The molecule has 1 aromatic heterocycles. The highest BCUT2D eigenvalue weighted by molar-refractivity contribution is 5.90. The first-order chi connectivity index (χ1) is 15.1. The minimum absolute atomic E-state index is 0.0186. The molecule has 32 heavy (non-hydrogen) atoms. The zero-order valence-electron chi connectivity index (χ0n) is 17.0. The van der Waals surface area contributed by atoms with Crippen LogP contribution in [0.5, 0.6) is 11.5 Å². The van der Waals surface area contributed by atoms with Crippen LogP contribution in [0.15, 0.2) is 47.7 Å². The number of hydrogen-bond donors (Lipinski definition) is 1. The van der Waals surface area contributed by atoms with E-state index in [-0.39, 0.29) is 25.4 Å². The molecule has 2 aliphatic rings. The summed E-state index contributed by atoms with van der Waals surface area (Å²) in [5, 5.41) is 3.02. The van der Waals surface area contributed by atoms with E-state index in [1.165, 1.54) is 13.2 Å². The summed E-state index contributed by atoms with van der Waals surface area (Å²) in [4.78, 5) is 7.81. The number of hydrogen-bond acceptors (Lipinski definition) is 5. The molecular formula is C22H20F5N3O2. The van der Waals surface area contributed by atoms with E-state index >= 15 is 0 Å². The topological polar surface area (TPSA) is 55.7 Å². The summed E-state index contributed by atoms with van der Waals surface area (Å²) >= 11 is 0. The van der Waals surface area contributed by atoms with Gasteiger partial charge in [-0.15, -0.1) is 0 Å². The van der Waals surface area contributed by atoms with Crippen molar-refractivity contribution in [2.75, 3.05) is 13.7 Å². The van der Waals surface area contributed by atoms with Crippen molar-refractivity contribution < 1.29 is 31.4 Å². The lowest BCUT2D eigenvalue weighted by molar-refractivity contribution is -0.141. The normalized spacial score (nSPS) is 18.2. The Kier molecular flexibility index (Phi) is 5.79. The summed E-state index contributed by atoms with van der Waals surface area (Å²) in [6, 6.07) is 7.46. The van der Waals surface area contributed by atoms with Crippen LogP contribution in [-0.2, 0) is 12.8 Å². The number of rotatable bonds is 6. The summed E-state index contributed by atoms with van der Waals surface area (Å²) in [5.41, 5.74) is 1.19. The molecule has 1 fully saturated rings. The maximum absolute atomic E-state index is 13.1. The van der Waals surface area contributed by atoms with Gasteiger partial charge in [-0.2, -0.15) is 13.2 Å². The number of alkyl halides is 5. The van der Waals surface area contributed by atoms with Gasteiger partial charge in [0, 0.05) is 36.7 Å². The van der Waals surface area contributed by atoms with E-state index in [1.54, 1.807) is 24.4 Å². The van der Waals surface area contributed by atoms with Crippen LogP contribution in [0, 0.1) is 5.92 Å². The van der Waals surface area contributed by atoms with Crippen molar-refractivity contribution in [1.82, 2.24) is 10.3 Å². The molecule has 0 unspecified atom stereocenters. The number of ether oxygens (including phenoxy) is 2. The van der Waals surface area contributed by atoms with Gasteiger partial charge in [-0.1, -0.05) is 12.1 Å². The third-order valence-electron chi connectivity index (χ3n) is 5.33. The first-order valence-corrected chi connectivity index (χ1v) is 9.86. The Balaban J connectivity index is 1.38. The van der Waals surface area contributed by atoms with E-state index in [1.807, 2.05) is 0 Å². The van der Waals surface area contributed by atoms with Crippen molar-refractivity contribution in [2.24, 2.45) is 10.9 Å². The molecule has 0 radical (unpaired) electrons. The number of pyridine rings is 1. The van der Waals surface area contributed by atoms with Gasteiger partial charge in [-0.05, 0) is 29.3 Å². The van der Waals surface area contributed by atoms with Crippen LogP contribution < -0.4 is 14.8 Å². The summed E-state index contributed by atoms with van der Waals surface area (Å²) in [6.07, 6.45) is -1.99. The van der Waals surface area contributed by atoms with Crippen LogP contribution >= 0.6 is 0 Å². The molecular weight excluding hydrogens is 433 g/mol. The number of methoxy groups -OCH3 is 1. The molecule has 1 aliphatic carbocycles. The molecule has 5 nitrogen and oxygen atoms in total. The molecule has 0 saturated heterocycles. The van der Waals surface area contributed by atoms with Crippen molar-refractivity contribution in [1.29, 1.82) is 0 Å². The van der Waals surface area contributed by atoms with Gasteiger partial charge in [0.15, 0.2) is 11.5 Å². The standard InChI is InChI=1S/C22H20F5N3O2/c1-31-18-6-14(16-10-29-20(30-11-16)15-7-21(23,24)8-15)3-4-17(18)32-12-13-2-5-19(28-9-13)22(25,26)27/h2-6,9-10,15H,7-8,11-12H2,1H3,(H,29,30). The molecule has 4 rings (SSSR count). The largest absolute Gasteiger partial charge is 0.493 e. The number of nitrogens with zero attached hydrogens (tertiary/aromatic N) is 2. The van der Waals surface area contributed by atoms with Crippen LogP contribution in [-0.4, -0.2) is 30.4 Å². The maximum Gasteiger partial charge on any atom is 0.433 e. The molecule has 0 amide bonds. The van der Waals surface area contributed by atoms with Crippen molar-refractivity contribution >= 4 is 11.4 Å². The average Bonchev–Trinajstić information content (AvgIpc) is 2.75. The minimum Gasteiger partial charge on any atom is -0.493 e. The number of aromatic nitrogens is 1. The third kappa shape index (κ3) is 4.84. The fourth-order valence-corrected chi connectivity index (χ4v) is 3.52. The molecule has 1 aromatic carbocycles. The fraction of sp³-hybridized carbons (Fsp3) is 0.364. The first kappa shape index (κ1) is 22.0. The lowest BCUT2D eigenvalue weighted by Gasteiger charge is -2.36. The van der Waals surface area contributed by atoms with E-state index in [9.17, 15) is 22.0 Å². The van der Waals surface area contributed by atoms with Gasteiger partial charge in [-0.3, -0.25) is 9.98 Å². The van der Waals surface area contributed by atoms with Gasteiger partial charge >= 0.3 is 6.18 Å². The van der Waals surface area contributed by atoms with Crippen LogP contribution in [0.1, 0.15) is 29.7 Å². The Bertz CT molecular complexity index is 1040. The molecule has 10 heteroatoms. The van der Waals surface area contributed by atoms with Crippen LogP contribution in [0.3, 0.4) is 0 Å². The van der Waals surface area contributed by atoms with Gasteiger partial charge in [-0.25, -0.2) is 8.78 Å². The van der Waals surface area contributed by atoms with Gasteiger partial charge < -0.3 is 14.8 Å². The number of benzene rings is 1. The number of aliphatic imine (C=N–C) groups is 1. The number of amidine groups is 1. The smallest absolute Gasteiger partial charge is 0.433 e. The van der Waals surface area contributed by atoms with Gasteiger partial charge in [0.2, 0.25) is 5.92 Å². The monoisotopic (exact) mass is 453 g/mol. The quantitative estimate of drug-likeness (QED) is 0.621. The Morgan fingerprint density at radius 3 is 2.47 bits per heavy atom. The van der Waals surface area contributed by atoms with E-state index < -0.39 is 17.8 Å². The predicted molar refractivity (Wildman–Crippen MR) is 108 cm³/mol. The molecule has 2 aromatic rings. The highest BCUT2D eigenvalue weighted by Gasteiger charge is 2.47. The predicted octanol–water partition coefficient (Wildman–Crippen LogP) is 5.08. The van der Waals surface area contributed by atoms with Crippen molar-refractivity contribution in [2.45, 2.75) is 31.5 Å². The van der Waals surface area contributed by atoms with Crippen LogP contribution in [0.25, 0.3) is 5.57 Å². The van der Waals surface area contributed by atoms with E-state index in [0.717, 1.165) is 23.4 Å². The molecule has 170 valence electrons. The van der Waals surface area contributed by atoms with Crippen LogP contribution in [0.2, 0.25) is 0 Å². The Hall–Kier alpha value is -3.17. The van der Waals surface area contributed by atoms with E-state index in [2.05, 4.69) is 15.3 Å². The summed E-state index contributed by atoms with van der Waals surface area (Å²) in [5.74, 6) is -1.40. The third-order valence-corrected chi connectivity index (χ3v) is 5.33. The first-order valence-electron chi connectivity index (χ1n) is 9.86. The SMILES string of the molecule is COc1cc(C2=CNC(C3CC(F)(F)C3)=NC2)ccc1OCc1ccc(C(F)(F)F)nc1. The van der Waals surface area contributed by atoms with Crippen molar-refractivity contribution in [3.63, 3.8) is 0 Å². The Morgan fingerprint density at radius 1 is 1.12 bits per heavy atom. The van der Waals surface area contributed by atoms with Gasteiger partial charge in [0.25, 0.3) is 0 Å². The summed E-state index contributed by atoms with van der Waals surface area (Å²) < 4.78 is 75.1. The number of nitrogens with one attached hydrogen (secondary N) is 1.